The van der Waals surface area contributed by atoms with Crippen LogP contribution >= 0.6 is 0 Å². The van der Waals surface area contributed by atoms with E-state index < -0.39 is 11.5 Å². The number of amides is 1. The van der Waals surface area contributed by atoms with Crippen molar-refractivity contribution in [2.75, 3.05) is 13.7 Å². The first kappa shape index (κ1) is 15.5. The molecule has 0 aromatic heterocycles. The quantitative estimate of drug-likeness (QED) is 0.904. The van der Waals surface area contributed by atoms with Gasteiger partial charge in [-0.3, -0.25) is 4.79 Å². The molecule has 21 heavy (non-hydrogen) atoms. The number of methoxy groups -OCH3 is 1. The maximum absolute atomic E-state index is 12.7. The van der Waals surface area contributed by atoms with Crippen LogP contribution in [-0.4, -0.2) is 41.1 Å². The Kier molecular flexibility index (Phi) is 4.63. The summed E-state index contributed by atoms with van der Waals surface area (Å²) in [6.45, 7) is 2.74. The second-order valence-electron chi connectivity index (χ2n) is 5.38. The number of benzene rings is 1. The van der Waals surface area contributed by atoms with Gasteiger partial charge in [0.15, 0.2) is 0 Å². The molecule has 1 aliphatic rings. The number of aliphatic carboxylic acids is 1. The van der Waals surface area contributed by atoms with Crippen molar-refractivity contribution < 1.29 is 19.4 Å². The van der Waals surface area contributed by atoms with Crippen LogP contribution < -0.4 is 0 Å². The minimum absolute atomic E-state index is 0.213. The zero-order valence-electron chi connectivity index (χ0n) is 12.5. The van der Waals surface area contributed by atoms with E-state index >= 15 is 0 Å². The summed E-state index contributed by atoms with van der Waals surface area (Å²) in [6.07, 6.45) is 1.66. The molecule has 1 unspecified atom stereocenters. The number of carbonyl (C=O) groups is 2. The third-order valence-electron chi connectivity index (χ3n) is 4.20. The van der Waals surface area contributed by atoms with Gasteiger partial charge in [0.25, 0.3) is 5.91 Å². The lowest BCUT2D eigenvalue weighted by Crippen LogP contribution is -2.52. The van der Waals surface area contributed by atoms with Crippen molar-refractivity contribution in [1.29, 1.82) is 0 Å². The smallest absolute Gasteiger partial charge is 0.329 e. The van der Waals surface area contributed by atoms with Crippen LogP contribution in [0.2, 0.25) is 0 Å². The predicted octanol–water partition coefficient (Wildman–Crippen LogP) is 2.30. The molecule has 1 aromatic carbocycles. The number of carboxylic acid groups (broad SMARTS) is 1. The number of carboxylic acids is 1. The fourth-order valence-corrected chi connectivity index (χ4v) is 3.03. The number of rotatable bonds is 5. The average molecular weight is 291 g/mol. The maximum atomic E-state index is 12.7. The Balaban J connectivity index is 2.30. The number of likely N-dealkylation sites (tertiary alicyclic amines) is 1. The van der Waals surface area contributed by atoms with E-state index in [0.717, 1.165) is 12.0 Å². The first-order chi connectivity index (χ1) is 10.0. The summed E-state index contributed by atoms with van der Waals surface area (Å²) in [5, 5.41) is 9.55. The number of hydrogen-bond donors (Lipinski definition) is 1. The highest BCUT2D eigenvalue weighted by Gasteiger charge is 2.48. The molecule has 0 aliphatic carbocycles. The molecule has 5 nitrogen and oxygen atoms in total. The van der Waals surface area contributed by atoms with Gasteiger partial charge in [-0.05, 0) is 37.0 Å². The third kappa shape index (κ3) is 2.78. The van der Waals surface area contributed by atoms with Crippen LogP contribution in [0.5, 0.6) is 0 Å². The molecule has 2 rings (SSSR count). The van der Waals surface area contributed by atoms with E-state index in [1.54, 1.807) is 25.3 Å². The van der Waals surface area contributed by atoms with Crippen LogP contribution in [0.1, 0.15) is 42.1 Å². The summed E-state index contributed by atoms with van der Waals surface area (Å²) in [7, 11) is 1.60. The van der Waals surface area contributed by atoms with Crippen molar-refractivity contribution in [2.24, 2.45) is 0 Å². The van der Waals surface area contributed by atoms with E-state index in [-0.39, 0.29) is 5.91 Å². The Hall–Kier alpha value is -1.88. The van der Waals surface area contributed by atoms with Gasteiger partial charge in [0.1, 0.15) is 5.54 Å². The topological polar surface area (TPSA) is 66.8 Å². The largest absolute Gasteiger partial charge is 0.479 e. The highest BCUT2D eigenvalue weighted by molar-refractivity contribution is 5.98. The fourth-order valence-electron chi connectivity index (χ4n) is 3.03. The molecule has 1 fully saturated rings. The molecule has 1 aromatic rings. The van der Waals surface area contributed by atoms with Crippen molar-refractivity contribution in [2.45, 2.75) is 38.3 Å². The molecule has 1 N–H and O–H groups in total. The molecular formula is C16H21NO4. The zero-order valence-corrected chi connectivity index (χ0v) is 12.5. The second-order valence-corrected chi connectivity index (χ2v) is 5.38. The van der Waals surface area contributed by atoms with Crippen LogP contribution in [0, 0.1) is 0 Å². The van der Waals surface area contributed by atoms with E-state index in [9.17, 15) is 14.7 Å². The Bertz CT molecular complexity index is 543. The van der Waals surface area contributed by atoms with Crippen LogP contribution in [0.3, 0.4) is 0 Å². The van der Waals surface area contributed by atoms with Gasteiger partial charge in [0.05, 0.1) is 6.61 Å². The van der Waals surface area contributed by atoms with Crippen molar-refractivity contribution in [3.05, 3.63) is 35.4 Å². The molecule has 0 saturated carbocycles. The normalized spacial score (nSPS) is 21.5. The van der Waals surface area contributed by atoms with Gasteiger partial charge in [0, 0.05) is 19.2 Å². The summed E-state index contributed by atoms with van der Waals surface area (Å²) >= 11 is 0. The van der Waals surface area contributed by atoms with Crippen LogP contribution in [0.4, 0.5) is 0 Å². The monoisotopic (exact) mass is 291 g/mol. The van der Waals surface area contributed by atoms with Gasteiger partial charge >= 0.3 is 5.97 Å². The summed E-state index contributed by atoms with van der Waals surface area (Å²) < 4.78 is 5.07. The van der Waals surface area contributed by atoms with E-state index in [0.29, 0.717) is 31.6 Å². The van der Waals surface area contributed by atoms with Gasteiger partial charge in [-0.25, -0.2) is 4.79 Å². The van der Waals surface area contributed by atoms with E-state index in [1.165, 1.54) is 4.90 Å². The highest BCUT2D eigenvalue weighted by atomic mass is 16.5. The highest BCUT2D eigenvalue weighted by Crippen LogP contribution is 2.34. The van der Waals surface area contributed by atoms with Crippen molar-refractivity contribution >= 4 is 11.9 Å². The first-order valence-electron chi connectivity index (χ1n) is 7.18. The van der Waals surface area contributed by atoms with Crippen molar-refractivity contribution in [1.82, 2.24) is 4.90 Å². The summed E-state index contributed by atoms with van der Waals surface area (Å²) in [4.78, 5) is 25.9. The molecule has 1 atom stereocenters. The number of hydrogen-bond acceptors (Lipinski definition) is 3. The van der Waals surface area contributed by atoms with Crippen LogP contribution in [0.15, 0.2) is 24.3 Å². The van der Waals surface area contributed by atoms with Gasteiger partial charge in [-0.1, -0.05) is 19.1 Å². The average Bonchev–Trinajstić information content (AvgIpc) is 2.92. The first-order valence-corrected chi connectivity index (χ1v) is 7.18. The van der Waals surface area contributed by atoms with Gasteiger partial charge < -0.3 is 14.7 Å². The van der Waals surface area contributed by atoms with Crippen LogP contribution in [0.25, 0.3) is 0 Å². The third-order valence-corrected chi connectivity index (χ3v) is 4.20. The lowest BCUT2D eigenvalue weighted by atomic mass is 9.92. The van der Waals surface area contributed by atoms with Gasteiger partial charge in [-0.2, -0.15) is 0 Å². The molecule has 0 bridgehead atoms. The molecule has 0 spiro atoms. The van der Waals surface area contributed by atoms with E-state index in [4.69, 9.17) is 4.74 Å². The van der Waals surface area contributed by atoms with Crippen LogP contribution in [-0.2, 0) is 16.1 Å². The van der Waals surface area contributed by atoms with Crippen molar-refractivity contribution in [3.8, 4) is 0 Å². The summed E-state index contributed by atoms with van der Waals surface area (Å²) in [6, 6.07) is 7.18. The molecular weight excluding hydrogens is 270 g/mol. The molecule has 1 aliphatic heterocycles. The minimum atomic E-state index is -1.06. The fraction of sp³-hybridized carbons (Fsp3) is 0.500. The minimum Gasteiger partial charge on any atom is -0.479 e. The zero-order chi connectivity index (χ0) is 15.5. The molecule has 114 valence electrons. The van der Waals surface area contributed by atoms with Gasteiger partial charge in [-0.15, -0.1) is 0 Å². The maximum Gasteiger partial charge on any atom is 0.329 e. The Morgan fingerprint density at radius 3 is 2.81 bits per heavy atom. The molecule has 5 heteroatoms. The lowest BCUT2D eigenvalue weighted by molar-refractivity contribution is -0.148. The lowest BCUT2D eigenvalue weighted by Gasteiger charge is -2.34. The summed E-state index contributed by atoms with van der Waals surface area (Å²) in [5.74, 6) is -1.13. The Morgan fingerprint density at radius 1 is 1.43 bits per heavy atom. The SMILES string of the molecule is CCC1(C(=O)O)CCCN1C(=O)c1cccc(COC)c1. The van der Waals surface area contributed by atoms with E-state index in [2.05, 4.69) is 0 Å². The van der Waals surface area contributed by atoms with Crippen molar-refractivity contribution in [3.63, 3.8) is 0 Å². The number of ether oxygens (including phenoxy) is 1. The second kappa shape index (κ2) is 6.26. The Labute approximate surface area is 124 Å². The standard InChI is InChI=1S/C16H21NO4/c1-3-16(15(19)20)8-5-9-17(16)14(18)13-7-4-6-12(10-13)11-21-2/h4,6-7,10H,3,5,8-9,11H2,1-2H3,(H,19,20). The number of nitrogens with zero attached hydrogens (tertiary/aromatic N) is 1. The molecule has 0 radical (unpaired) electrons. The molecule has 1 amide bonds. The van der Waals surface area contributed by atoms with Gasteiger partial charge in [0.2, 0.25) is 0 Å². The van der Waals surface area contributed by atoms with E-state index in [1.807, 2.05) is 13.0 Å². The summed E-state index contributed by atoms with van der Waals surface area (Å²) in [5.41, 5.74) is 0.361. The predicted molar refractivity (Wildman–Crippen MR) is 78.1 cm³/mol. The molecule has 1 heterocycles. The Morgan fingerprint density at radius 2 is 2.19 bits per heavy atom. The molecule has 1 saturated heterocycles. The number of carbonyl (C=O) groups excluding carboxylic acids is 1.